The highest BCUT2D eigenvalue weighted by Gasteiger charge is 2.29. The quantitative estimate of drug-likeness (QED) is 0.359. The second-order valence-electron chi connectivity index (χ2n) is 8.00. The highest BCUT2D eigenvalue weighted by Crippen LogP contribution is 2.30. The van der Waals surface area contributed by atoms with E-state index in [4.69, 9.17) is 0 Å². The molecule has 35 heavy (non-hydrogen) atoms. The minimum absolute atomic E-state index is 0.180. The van der Waals surface area contributed by atoms with E-state index >= 15 is 0 Å². The van der Waals surface area contributed by atoms with Gasteiger partial charge in [0, 0.05) is 6.42 Å². The molecule has 0 atom stereocenters. The van der Waals surface area contributed by atoms with E-state index in [1.807, 2.05) is 6.92 Å². The number of aromatic nitrogens is 2. The first kappa shape index (κ1) is 24.3. The number of sulfonamides is 1. The summed E-state index contributed by atoms with van der Waals surface area (Å²) in [5.41, 5.74) is 1.67. The van der Waals surface area contributed by atoms with Gasteiger partial charge in [-0.15, -0.1) is 0 Å². The molecule has 4 rings (SSSR count). The molecule has 0 saturated heterocycles. The largest absolute Gasteiger partial charge is 0.480 e. The molecule has 0 amide bonds. The van der Waals surface area contributed by atoms with Gasteiger partial charge in [0.2, 0.25) is 0 Å². The third-order valence-electron chi connectivity index (χ3n) is 5.51. The summed E-state index contributed by atoms with van der Waals surface area (Å²) in [7, 11) is -4.36. The summed E-state index contributed by atoms with van der Waals surface area (Å²) in [5.74, 6) is -1.81. The van der Waals surface area contributed by atoms with E-state index in [1.54, 1.807) is 10.6 Å². The molecule has 0 radical (unpaired) electrons. The molecule has 4 aromatic rings. The van der Waals surface area contributed by atoms with Crippen LogP contribution in [0.1, 0.15) is 24.7 Å². The number of aliphatic carboxylic acids is 1. The molecule has 1 heterocycles. The fraction of sp³-hybridized carbons (Fsp3) is 0.200. The molecule has 0 unspecified atom stereocenters. The summed E-state index contributed by atoms with van der Waals surface area (Å²) < 4.78 is 57.8. The third-order valence-corrected chi connectivity index (χ3v) is 7.32. The van der Waals surface area contributed by atoms with Crippen LogP contribution in [-0.4, -0.2) is 29.0 Å². The molecule has 0 aliphatic heterocycles. The van der Waals surface area contributed by atoms with Gasteiger partial charge < -0.3 is 9.67 Å². The number of hydrogen-bond donors (Lipinski definition) is 1. The Morgan fingerprint density at radius 3 is 2.43 bits per heavy atom. The number of carboxylic acids is 1. The van der Waals surface area contributed by atoms with Crippen molar-refractivity contribution in [3.8, 4) is 0 Å². The lowest BCUT2D eigenvalue weighted by atomic mass is 10.2. The number of benzene rings is 3. The average Bonchev–Trinajstić information content (AvgIpc) is 3.14. The first-order valence-electron chi connectivity index (χ1n) is 10.9. The van der Waals surface area contributed by atoms with E-state index < -0.39 is 32.5 Å². The number of hydrogen-bond acceptors (Lipinski definition) is 4. The average molecular weight is 500 g/mol. The number of anilines is 1. The molecule has 1 N–H and O–H groups in total. The van der Waals surface area contributed by atoms with Gasteiger partial charge in [-0.3, -0.25) is 9.10 Å². The number of nitrogens with zero attached hydrogens (tertiary/aromatic N) is 3. The van der Waals surface area contributed by atoms with E-state index in [-0.39, 0.29) is 18.8 Å². The van der Waals surface area contributed by atoms with Gasteiger partial charge in [0.1, 0.15) is 28.9 Å². The lowest BCUT2D eigenvalue weighted by Crippen LogP contribution is -2.31. The number of carboxylic acid groups (broad SMARTS) is 1. The fourth-order valence-corrected chi connectivity index (χ4v) is 5.41. The molecule has 0 spiro atoms. The monoisotopic (exact) mass is 499 g/mol. The molecular formula is C25H23F2N3O4S. The highest BCUT2D eigenvalue weighted by atomic mass is 32.2. The number of fused-ring (bicyclic) bond motifs is 1. The molecule has 3 aromatic carbocycles. The van der Waals surface area contributed by atoms with Gasteiger partial charge in [-0.25, -0.2) is 22.2 Å². The molecule has 0 aliphatic carbocycles. The van der Waals surface area contributed by atoms with Crippen LogP contribution in [0.3, 0.4) is 0 Å². The Bertz CT molecular complexity index is 1480. The van der Waals surface area contributed by atoms with Crippen molar-refractivity contribution in [2.75, 3.05) is 4.31 Å². The van der Waals surface area contributed by atoms with E-state index in [1.165, 1.54) is 54.6 Å². The molecule has 0 aliphatic rings. The summed E-state index contributed by atoms with van der Waals surface area (Å²) >= 11 is 0. The van der Waals surface area contributed by atoms with Crippen LogP contribution < -0.4 is 4.31 Å². The van der Waals surface area contributed by atoms with Gasteiger partial charge in [-0.2, -0.15) is 0 Å². The highest BCUT2D eigenvalue weighted by molar-refractivity contribution is 7.92. The second kappa shape index (κ2) is 9.83. The Morgan fingerprint density at radius 1 is 1.06 bits per heavy atom. The van der Waals surface area contributed by atoms with Gasteiger partial charge in [0.25, 0.3) is 10.0 Å². The van der Waals surface area contributed by atoms with Crippen molar-refractivity contribution in [3.63, 3.8) is 0 Å². The van der Waals surface area contributed by atoms with Crippen LogP contribution in [0.4, 0.5) is 14.5 Å². The molecular weight excluding hydrogens is 476 g/mol. The smallest absolute Gasteiger partial charge is 0.323 e. The normalized spacial score (nSPS) is 11.6. The van der Waals surface area contributed by atoms with Crippen molar-refractivity contribution in [2.24, 2.45) is 0 Å². The molecule has 182 valence electrons. The summed E-state index contributed by atoms with van der Waals surface area (Å²) in [6.45, 7) is 1.49. The maximum Gasteiger partial charge on any atom is 0.323 e. The van der Waals surface area contributed by atoms with Crippen LogP contribution in [0.15, 0.2) is 71.6 Å². The summed E-state index contributed by atoms with van der Waals surface area (Å²) in [6, 6.07) is 15.1. The topological polar surface area (TPSA) is 92.5 Å². The predicted molar refractivity (Wildman–Crippen MR) is 128 cm³/mol. The summed E-state index contributed by atoms with van der Waals surface area (Å²) in [5, 5.41) is 9.32. The Labute approximate surface area is 201 Å². The number of imidazole rings is 1. The Hall–Kier alpha value is -3.79. The van der Waals surface area contributed by atoms with Crippen LogP contribution in [0.5, 0.6) is 0 Å². The van der Waals surface area contributed by atoms with E-state index in [0.29, 0.717) is 28.8 Å². The minimum Gasteiger partial charge on any atom is -0.480 e. The molecule has 0 bridgehead atoms. The Balaban J connectivity index is 1.86. The SMILES string of the molecule is CCCc1nc2cc(N(Cc3ccc(F)cc3)S(=O)(=O)c3ccccc3F)ccc2n1CC(=O)O. The van der Waals surface area contributed by atoms with E-state index in [9.17, 15) is 27.1 Å². The van der Waals surface area contributed by atoms with Gasteiger partial charge in [-0.1, -0.05) is 31.2 Å². The van der Waals surface area contributed by atoms with Gasteiger partial charge in [0.05, 0.1) is 23.3 Å². The molecule has 0 fully saturated rings. The van der Waals surface area contributed by atoms with Crippen LogP contribution in [0.2, 0.25) is 0 Å². The minimum atomic E-state index is -4.36. The Kier molecular flexibility index (Phi) is 6.83. The van der Waals surface area contributed by atoms with E-state index in [2.05, 4.69) is 4.98 Å². The molecule has 1 aromatic heterocycles. The third kappa shape index (κ3) is 5.02. The number of carbonyl (C=O) groups is 1. The van der Waals surface area contributed by atoms with Gasteiger partial charge in [0.15, 0.2) is 0 Å². The number of halogens is 2. The summed E-state index contributed by atoms with van der Waals surface area (Å²) in [6.07, 6.45) is 1.29. The first-order valence-corrected chi connectivity index (χ1v) is 12.4. The van der Waals surface area contributed by atoms with Crippen molar-refractivity contribution >= 4 is 32.7 Å². The van der Waals surface area contributed by atoms with Crippen molar-refractivity contribution in [2.45, 2.75) is 37.8 Å². The molecule has 10 heteroatoms. The van der Waals surface area contributed by atoms with Crippen LogP contribution in [0.25, 0.3) is 11.0 Å². The lowest BCUT2D eigenvalue weighted by molar-refractivity contribution is -0.137. The van der Waals surface area contributed by atoms with Crippen LogP contribution in [0, 0.1) is 11.6 Å². The fourth-order valence-electron chi connectivity index (χ4n) is 3.89. The maximum absolute atomic E-state index is 14.5. The second-order valence-corrected chi connectivity index (χ2v) is 9.83. The summed E-state index contributed by atoms with van der Waals surface area (Å²) in [4.78, 5) is 15.4. The maximum atomic E-state index is 14.5. The zero-order chi connectivity index (χ0) is 25.2. The van der Waals surface area contributed by atoms with Gasteiger partial charge >= 0.3 is 5.97 Å². The zero-order valence-electron chi connectivity index (χ0n) is 18.9. The van der Waals surface area contributed by atoms with Crippen molar-refractivity contribution in [3.05, 3.63) is 89.8 Å². The van der Waals surface area contributed by atoms with E-state index in [0.717, 1.165) is 16.8 Å². The number of aryl methyl sites for hydroxylation is 1. The zero-order valence-corrected chi connectivity index (χ0v) is 19.7. The lowest BCUT2D eigenvalue weighted by Gasteiger charge is -2.25. The van der Waals surface area contributed by atoms with Gasteiger partial charge in [-0.05, 0) is 54.4 Å². The first-order chi connectivity index (χ1) is 16.7. The van der Waals surface area contributed by atoms with Crippen molar-refractivity contribution in [1.29, 1.82) is 0 Å². The predicted octanol–water partition coefficient (Wildman–Crippen LogP) is 4.75. The molecule has 0 saturated carbocycles. The Morgan fingerprint density at radius 2 is 1.77 bits per heavy atom. The van der Waals surface area contributed by atoms with Crippen LogP contribution in [-0.2, 0) is 34.3 Å². The van der Waals surface area contributed by atoms with Crippen molar-refractivity contribution < 1.29 is 27.1 Å². The molecule has 7 nitrogen and oxygen atoms in total. The number of rotatable bonds is 9. The van der Waals surface area contributed by atoms with Crippen LogP contribution >= 0.6 is 0 Å². The van der Waals surface area contributed by atoms with Crippen molar-refractivity contribution in [1.82, 2.24) is 9.55 Å². The standard InChI is InChI=1S/C25H23F2N3O4S/c1-2-5-24-28-21-14-19(12-13-22(21)29(24)16-25(31)32)30(15-17-8-10-18(26)11-9-17)35(33,34)23-7-4-3-6-20(23)27/h3-4,6-14H,2,5,15-16H2,1H3,(H,31,32).